The van der Waals surface area contributed by atoms with Crippen LogP contribution in [0.15, 0.2) is 0 Å². The molecule has 0 radical (unpaired) electrons. The van der Waals surface area contributed by atoms with Crippen LogP contribution in [0.1, 0.15) is 29.7 Å². The smallest absolute Gasteiger partial charge is 0.183 e. The first-order chi connectivity index (χ1) is 9.12. The summed E-state index contributed by atoms with van der Waals surface area (Å²) in [5.74, 6) is 0. The van der Waals surface area contributed by atoms with E-state index in [9.17, 15) is 0 Å². The molecule has 0 amide bonds. The molecule has 0 aliphatic rings. The zero-order valence-corrected chi connectivity index (χ0v) is 22.8. The van der Waals surface area contributed by atoms with Crippen LogP contribution in [-0.2, 0) is 8.85 Å². The van der Waals surface area contributed by atoms with Crippen molar-refractivity contribution in [1.82, 2.24) is 0 Å². The third-order valence-corrected chi connectivity index (χ3v) is 3.67. The van der Waals surface area contributed by atoms with E-state index < -0.39 is 32.8 Å². The first kappa shape index (κ1) is 50.5. The van der Waals surface area contributed by atoms with Crippen LogP contribution in [0.2, 0.25) is 91.7 Å². The van der Waals surface area contributed by atoms with E-state index in [4.69, 9.17) is 8.85 Å². The molecule has 26 heavy (non-hydrogen) atoms. The van der Waals surface area contributed by atoms with Crippen molar-refractivity contribution in [1.29, 1.82) is 0 Å². The Hall–Kier alpha value is 0.788. The van der Waals surface area contributed by atoms with Gasteiger partial charge in [0.1, 0.15) is 0 Å². The molecule has 0 aromatic carbocycles. The Morgan fingerprint density at radius 1 is 0.346 bits per heavy atom. The Labute approximate surface area is 177 Å². The second-order valence-electron chi connectivity index (χ2n) is 10.6. The summed E-state index contributed by atoms with van der Waals surface area (Å²) in [5, 5.41) is 0. The monoisotopic (exact) mass is 448 g/mol. The van der Waals surface area contributed by atoms with E-state index in [1.165, 1.54) is 0 Å². The minimum absolute atomic E-state index is 0. The summed E-state index contributed by atoms with van der Waals surface area (Å²) in [4.78, 5) is 0. The van der Waals surface area contributed by atoms with Crippen LogP contribution >= 0.6 is 0 Å². The van der Waals surface area contributed by atoms with Gasteiger partial charge in [-0.15, -0.1) is 0 Å². The van der Waals surface area contributed by atoms with Crippen LogP contribution < -0.4 is 0 Å². The Morgan fingerprint density at radius 2 is 0.385 bits per heavy atom. The topological polar surface area (TPSA) is 18.5 Å². The molecule has 0 bridgehead atoms. The molecule has 0 heterocycles. The van der Waals surface area contributed by atoms with Gasteiger partial charge in [-0.25, -0.2) is 0 Å². The summed E-state index contributed by atoms with van der Waals surface area (Å²) in [6, 6.07) is 0. The molecule has 0 saturated heterocycles. The van der Waals surface area contributed by atoms with Gasteiger partial charge in [0.15, 0.2) is 16.6 Å². The Kier molecular flexibility index (Phi) is 42.9. The van der Waals surface area contributed by atoms with Crippen molar-refractivity contribution in [3.8, 4) is 0 Å². The van der Waals surface area contributed by atoms with Crippen molar-refractivity contribution in [2.75, 3.05) is 14.2 Å². The predicted molar refractivity (Wildman–Crippen MR) is 146 cm³/mol. The molecule has 0 saturated carbocycles. The van der Waals surface area contributed by atoms with Crippen molar-refractivity contribution in [3.05, 3.63) is 0 Å². The van der Waals surface area contributed by atoms with Crippen molar-refractivity contribution in [2.45, 2.75) is 121 Å². The van der Waals surface area contributed by atoms with Gasteiger partial charge in [0.25, 0.3) is 0 Å². The van der Waals surface area contributed by atoms with E-state index in [2.05, 4.69) is 91.7 Å². The lowest BCUT2D eigenvalue weighted by Crippen LogP contribution is -2.22. The maximum atomic E-state index is 5.08. The summed E-state index contributed by atoms with van der Waals surface area (Å²) < 4.78 is 10.2. The normalized spacial score (nSPS) is 10.2. The second kappa shape index (κ2) is 22.1. The number of rotatable bonds is 2. The third kappa shape index (κ3) is 304. The zero-order chi connectivity index (χ0) is 19.4. The van der Waals surface area contributed by atoms with Gasteiger partial charge in [0, 0.05) is 30.4 Å². The summed E-state index contributed by atoms with van der Waals surface area (Å²) in [5.41, 5.74) is 0. The van der Waals surface area contributed by atoms with E-state index >= 15 is 0 Å². The van der Waals surface area contributed by atoms with Gasteiger partial charge in [0.05, 0.1) is 0 Å². The summed E-state index contributed by atoms with van der Waals surface area (Å²) in [6.45, 7) is 31.6. The lowest BCUT2D eigenvalue weighted by Gasteiger charge is -2.10. The van der Waals surface area contributed by atoms with E-state index in [0.29, 0.717) is 0 Å². The highest BCUT2D eigenvalue weighted by Gasteiger charge is 2.09. The molecule has 0 spiro atoms. The van der Waals surface area contributed by atoms with Gasteiger partial charge < -0.3 is 8.85 Å². The molecule has 0 rings (SSSR count). The van der Waals surface area contributed by atoms with Gasteiger partial charge in [-0.05, 0) is 39.3 Å². The number of hydrogen-bond donors (Lipinski definition) is 0. The fourth-order valence-electron chi connectivity index (χ4n) is 0. The maximum absolute atomic E-state index is 5.08. The largest absolute Gasteiger partial charge is 0.421 e. The highest BCUT2D eigenvalue weighted by Crippen LogP contribution is 1.98. The lowest BCUT2D eigenvalue weighted by atomic mass is 11.8. The number of hydrogen-bond acceptors (Lipinski definition) is 2. The molecular weight excluding hydrogens is 385 g/mol. The van der Waals surface area contributed by atoms with Crippen LogP contribution in [0.5, 0.6) is 0 Å². The van der Waals surface area contributed by atoms with Crippen LogP contribution in [0.25, 0.3) is 0 Å². The van der Waals surface area contributed by atoms with Crippen molar-refractivity contribution in [3.63, 3.8) is 0 Å². The Balaban J connectivity index is -0.0000000264. The van der Waals surface area contributed by atoms with Gasteiger partial charge in [-0.1, -0.05) is 82.1 Å². The third-order valence-electron chi connectivity index (χ3n) is 1.22. The molecule has 2 nitrogen and oxygen atoms in total. The first-order valence-corrected chi connectivity index (χ1v) is 23.0. The van der Waals surface area contributed by atoms with Gasteiger partial charge >= 0.3 is 0 Å². The molecule has 0 aliphatic carbocycles. The Bertz CT molecular complexity index is 194. The predicted octanol–water partition coefficient (Wildman–Crippen LogP) is 9.39. The van der Waals surface area contributed by atoms with E-state index in [1.54, 1.807) is 14.2 Å². The lowest BCUT2D eigenvalue weighted by molar-refractivity contribution is 0.410. The zero-order valence-electron chi connectivity index (χ0n) is 18.8. The average molecular weight is 449 g/mol. The van der Waals surface area contributed by atoms with Crippen LogP contribution in [0.4, 0.5) is 0 Å². The molecular formula is C20H64O2Si4. The summed E-state index contributed by atoms with van der Waals surface area (Å²) >= 11 is 0. The molecule has 172 valence electrons. The van der Waals surface area contributed by atoms with Crippen LogP contribution in [0.3, 0.4) is 0 Å². The molecule has 0 fully saturated rings. The van der Waals surface area contributed by atoms with Crippen molar-refractivity contribution in [2.24, 2.45) is 0 Å². The Morgan fingerprint density at radius 3 is 0.385 bits per heavy atom. The second-order valence-corrected chi connectivity index (χ2v) is 31.9. The van der Waals surface area contributed by atoms with Crippen molar-refractivity contribution < 1.29 is 8.85 Å². The quantitative estimate of drug-likeness (QED) is 0.391. The average Bonchev–Trinajstić information content (AvgIpc) is 2.11. The van der Waals surface area contributed by atoms with Gasteiger partial charge in [-0.3, -0.25) is 0 Å². The van der Waals surface area contributed by atoms with E-state index in [0.717, 1.165) is 0 Å². The summed E-state index contributed by atoms with van der Waals surface area (Å²) in [6.07, 6.45) is 0. The van der Waals surface area contributed by atoms with E-state index in [-0.39, 0.29) is 29.7 Å². The van der Waals surface area contributed by atoms with Gasteiger partial charge in [-0.2, -0.15) is 0 Å². The molecule has 0 aromatic heterocycles. The fourth-order valence-corrected chi connectivity index (χ4v) is 0. The molecule has 0 unspecified atom stereocenters. The summed E-state index contributed by atoms with van der Waals surface area (Å²) in [7, 11) is 0.0556. The standard InChI is InChI=1S/2C4H12OSi.2C4H12Si.4CH4/c2*1-5-6(2,3)4;2*1-5(2,3)4;;;;/h2*1-4H3;2*1-4H3;4*1H4. The maximum Gasteiger partial charge on any atom is 0.183 e. The first-order valence-electron chi connectivity index (χ1n) is 8.22. The minimum Gasteiger partial charge on any atom is -0.421 e. The fraction of sp³-hybridized carbons (Fsp3) is 1.00. The highest BCUT2D eigenvalue weighted by atomic mass is 28.4. The minimum atomic E-state index is -1.13. The highest BCUT2D eigenvalue weighted by molar-refractivity contribution is 6.75. The van der Waals surface area contributed by atoms with Gasteiger partial charge in [0.2, 0.25) is 0 Å². The SMILES string of the molecule is C.C.C.C.CO[Si](C)(C)C.CO[Si](C)(C)C.C[Si](C)(C)C.C[Si](C)(C)C. The van der Waals surface area contributed by atoms with E-state index in [1.807, 2.05) is 0 Å². The van der Waals surface area contributed by atoms with Crippen molar-refractivity contribution >= 4 is 32.8 Å². The molecule has 0 aliphatic heterocycles. The molecule has 6 heteroatoms. The molecule has 0 atom stereocenters. The molecule has 0 aromatic rings. The molecule has 0 N–H and O–H groups in total. The van der Waals surface area contributed by atoms with Crippen LogP contribution in [0, 0.1) is 0 Å². The van der Waals surface area contributed by atoms with Crippen LogP contribution in [-0.4, -0.2) is 47.0 Å².